The number of alkyl carbamates (subject to hydrolysis) is 1. The summed E-state index contributed by atoms with van der Waals surface area (Å²) in [7, 11) is 1.68. The minimum atomic E-state index is -0.611. The number of aromatic nitrogens is 2. The number of hydrogen-bond acceptors (Lipinski definition) is 8. The fraction of sp³-hybridized carbons (Fsp3) is 0.542. The number of ether oxygens (including phenoxy) is 2. The predicted octanol–water partition coefficient (Wildman–Crippen LogP) is 2.05. The summed E-state index contributed by atoms with van der Waals surface area (Å²) in [6.07, 6.45) is 2.30. The van der Waals surface area contributed by atoms with E-state index in [1.807, 2.05) is 17.9 Å². The number of pyridine rings is 2. The molecule has 2 amide bonds. The minimum Gasteiger partial charge on any atom is -0.444 e. The molecule has 1 aliphatic rings. The van der Waals surface area contributed by atoms with Crippen molar-refractivity contribution in [2.75, 3.05) is 38.2 Å². The van der Waals surface area contributed by atoms with Gasteiger partial charge in [0, 0.05) is 38.7 Å². The van der Waals surface area contributed by atoms with Crippen molar-refractivity contribution < 1.29 is 19.1 Å². The highest BCUT2D eigenvalue weighted by Crippen LogP contribution is 2.33. The molecule has 0 bridgehead atoms. The Morgan fingerprint density at radius 3 is 2.51 bits per heavy atom. The van der Waals surface area contributed by atoms with E-state index < -0.39 is 23.2 Å². The number of nitrogens with one attached hydrogen (secondary N) is 3. The molecule has 0 radical (unpaired) electrons. The van der Waals surface area contributed by atoms with Gasteiger partial charge in [0.1, 0.15) is 22.9 Å². The van der Waals surface area contributed by atoms with Gasteiger partial charge < -0.3 is 30.0 Å². The normalized spacial score (nSPS) is 15.4. The average Bonchev–Trinajstić information content (AvgIpc) is 2.80. The largest absolute Gasteiger partial charge is 0.444 e. The minimum absolute atomic E-state index is 0.00219. The van der Waals surface area contributed by atoms with Crippen LogP contribution < -0.4 is 21.1 Å². The molecule has 3 rings (SSSR count). The summed E-state index contributed by atoms with van der Waals surface area (Å²) in [5, 5.41) is 15.6. The number of aromatic amines is 1. The lowest BCUT2D eigenvalue weighted by atomic mass is 9.92. The van der Waals surface area contributed by atoms with E-state index in [-0.39, 0.29) is 29.9 Å². The van der Waals surface area contributed by atoms with Gasteiger partial charge in [-0.05, 0) is 46.6 Å². The average molecular weight is 485 g/mol. The SMILES string of the molecule is COC1(C)CCN(c2c(C#N)c(=O)[nH]c3cnc(C(=O)NCCNC(=O)OC(C)(C)C)cc23)CC1. The van der Waals surface area contributed by atoms with Crippen molar-refractivity contribution in [3.8, 4) is 6.07 Å². The van der Waals surface area contributed by atoms with Crippen LogP contribution in [0.25, 0.3) is 10.9 Å². The highest BCUT2D eigenvalue weighted by molar-refractivity contribution is 6.00. The molecule has 0 aliphatic carbocycles. The van der Waals surface area contributed by atoms with Crippen LogP contribution >= 0.6 is 0 Å². The number of nitriles is 1. The van der Waals surface area contributed by atoms with E-state index in [0.29, 0.717) is 29.7 Å². The Kier molecular flexibility index (Phi) is 7.65. The summed E-state index contributed by atoms with van der Waals surface area (Å²) >= 11 is 0. The van der Waals surface area contributed by atoms with Crippen molar-refractivity contribution in [1.29, 1.82) is 5.26 Å². The number of hydrogen-bond donors (Lipinski definition) is 3. The van der Waals surface area contributed by atoms with Gasteiger partial charge in [-0.1, -0.05) is 0 Å². The smallest absolute Gasteiger partial charge is 0.407 e. The molecular weight excluding hydrogens is 452 g/mol. The molecule has 1 aliphatic heterocycles. The zero-order chi connectivity index (χ0) is 25.8. The molecule has 2 aromatic heterocycles. The molecule has 0 spiro atoms. The van der Waals surface area contributed by atoms with Crippen molar-refractivity contribution >= 4 is 28.6 Å². The van der Waals surface area contributed by atoms with Crippen LogP contribution in [-0.2, 0) is 9.47 Å². The van der Waals surface area contributed by atoms with Crippen LogP contribution in [0.5, 0.6) is 0 Å². The third kappa shape index (κ3) is 6.27. The van der Waals surface area contributed by atoms with Crippen LogP contribution in [0.4, 0.5) is 10.5 Å². The van der Waals surface area contributed by atoms with E-state index in [2.05, 4.69) is 20.6 Å². The molecule has 0 unspecified atom stereocenters. The van der Waals surface area contributed by atoms with Crippen LogP contribution in [0.1, 0.15) is 56.6 Å². The molecule has 1 saturated heterocycles. The van der Waals surface area contributed by atoms with Crippen LogP contribution in [0, 0.1) is 11.3 Å². The Morgan fingerprint density at radius 1 is 1.26 bits per heavy atom. The predicted molar refractivity (Wildman–Crippen MR) is 131 cm³/mol. The van der Waals surface area contributed by atoms with Crippen LogP contribution in [-0.4, -0.2) is 66.5 Å². The number of anilines is 1. The molecule has 11 heteroatoms. The Morgan fingerprint density at radius 2 is 1.91 bits per heavy atom. The number of methoxy groups -OCH3 is 1. The summed E-state index contributed by atoms with van der Waals surface area (Å²) in [6, 6.07) is 3.59. The van der Waals surface area contributed by atoms with Gasteiger partial charge in [-0.3, -0.25) is 9.59 Å². The first kappa shape index (κ1) is 26.0. The number of carbonyl (C=O) groups excluding carboxylic acids is 2. The van der Waals surface area contributed by atoms with E-state index in [1.165, 1.54) is 6.20 Å². The standard InChI is InChI=1S/C24H32N6O5/c1-23(2,3)35-22(33)27-9-8-26-21(32)17-12-15-18(14-28-17)29-20(31)16(13-25)19(15)30-10-6-24(4,34-5)7-11-30/h12,14H,6-11H2,1-5H3,(H,26,32)(H,27,33)(H,29,31). The molecule has 11 nitrogen and oxygen atoms in total. The van der Waals surface area contributed by atoms with Crippen molar-refractivity contribution in [2.45, 2.75) is 51.7 Å². The molecular formula is C24H32N6O5. The molecule has 0 saturated carbocycles. The maximum atomic E-state index is 12.7. The van der Waals surface area contributed by atoms with Crippen molar-refractivity contribution in [1.82, 2.24) is 20.6 Å². The highest BCUT2D eigenvalue weighted by atomic mass is 16.6. The topological polar surface area (TPSA) is 149 Å². The second kappa shape index (κ2) is 10.3. The van der Waals surface area contributed by atoms with Gasteiger partial charge >= 0.3 is 6.09 Å². The molecule has 3 heterocycles. The van der Waals surface area contributed by atoms with Gasteiger partial charge in [0.15, 0.2) is 0 Å². The summed E-state index contributed by atoms with van der Waals surface area (Å²) in [5.41, 5.74) is -0.314. The monoisotopic (exact) mass is 484 g/mol. The third-order valence-corrected chi connectivity index (χ3v) is 5.92. The number of nitrogens with zero attached hydrogens (tertiary/aromatic N) is 3. The molecule has 35 heavy (non-hydrogen) atoms. The summed E-state index contributed by atoms with van der Waals surface area (Å²) in [5.74, 6) is -0.445. The molecule has 188 valence electrons. The number of amides is 2. The Bertz CT molecular complexity index is 1200. The van der Waals surface area contributed by atoms with E-state index in [4.69, 9.17) is 9.47 Å². The second-order valence-electron chi connectivity index (χ2n) is 9.73. The summed E-state index contributed by atoms with van der Waals surface area (Å²) in [4.78, 5) is 45.8. The van der Waals surface area contributed by atoms with Gasteiger partial charge in [0.2, 0.25) is 0 Å². The third-order valence-electron chi connectivity index (χ3n) is 5.92. The number of rotatable bonds is 6. The Labute approximate surface area is 203 Å². The zero-order valence-electron chi connectivity index (χ0n) is 20.8. The quantitative estimate of drug-likeness (QED) is 0.528. The first-order valence-electron chi connectivity index (χ1n) is 11.5. The first-order valence-corrected chi connectivity index (χ1v) is 11.5. The first-order chi connectivity index (χ1) is 16.5. The molecule has 0 atom stereocenters. The lowest BCUT2D eigenvalue weighted by molar-refractivity contribution is -0.0132. The van der Waals surface area contributed by atoms with Gasteiger partial charge in [-0.2, -0.15) is 5.26 Å². The van der Waals surface area contributed by atoms with Crippen LogP contribution in [0.15, 0.2) is 17.1 Å². The molecule has 2 aromatic rings. The second-order valence-corrected chi connectivity index (χ2v) is 9.73. The molecule has 3 N–H and O–H groups in total. The summed E-state index contributed by atoms with van der Waals surface area (Å²) < 4.78 is 10.8. The zero-order valence-corrected chi connectivity index (χ0v) is 20.8. The number of carbonyl (C=O) groups is 2. The van der Waals surface area contributed by atoms with E-state index in [1.54, 1.807) is 33.9 Å². The van der Waals surface area contributed by atoms with Crippen LogP contribution in [0.2, 0.25) is 0 Å². The maximum absolute atomic E-state index is 12.7. The van der Waals surface area contributed by atoms with Crippen molar-refractivity contribution in [3.05, 3.63) is 33.9 Å². The Balaban J connectivity index is 1.80. The van der Waals surface area contributed by atoms with Crippen molar-refractivity contribution in [3.63, 3.8) is 0 Å². The maximum Gasteiger partial charge on any atom is 0.407 e. The highest BCUT2D eigenvalue weighted by Gasteiger charge is 2.32. The summed E-state index contributed by atoms with van der Waals surface area (Å²) in [6.45, 7) is 8.86. The molecule has 0 aromatic carbocycles. The number of fused-ring (bicyclic) bond motifs is 1. The van der Waals surface area contributed by atoms with Gasteiger partial charge in [-0.15, -0.1) is 0 Å². The van der Waals surface area contributed by atoms with E-state index in [0.717, 1.165) is 12.8 Å². The van der Waals surface area contributed by atoms with Gasteiger partial charge in [-0.25, -0.2) is 9.78 Å². The van der Waals surface area contributed by atoms with E-state index >= 15 is 0 Å². The van der Waals surface area contributed by atoms with E-state index in [9.17, 15) is 19.6 Å². The fourth-order valence-electron chi connectivity index (χ4n) is 3.89. The lowest BCUT2D eigenvalue weighted by Gasteiger charge is -2.40. The fourth-order valence-corrected chi connectivity index (χ4v) is 3.89. The number of piperidine rings is 1. The van der Waals surface area contributed by atoms with Crippen LogP contribution in [0.3, 0.4) is 0 Å². The van der Waals surface area contributed by atoms with Crippen molar-refractivity contribution in [2.24, 2.45) is 0 Å². The Hall–Kier alpha value is -3.65. The number of H-pyrrole nitrogens is 1. The lowest BCUT2D eigenvalue weighted by Crippen LogP contribution is -2.44. The van der Waals surface area contributed by atoms with Gasteiger partial charge in [0.05, 0.1) is 23.0 Å². The molecule has 1 fully saturated rings. The van der Waals surface area contributed by atoms with Gasteiger partial charge in [0.25, 0.3) is 11.5 Å².